The Morgan fingerprint density at radius 2 is 2.00 bits per heavy atom. The number of nitrogens with zero attached hydrogens (tertiary/aromatic N) is 3. The zero-order valence-electron chi connectivity index (χ0n) is 18.1. The number of likely N-dealkylation sites (tertiary alicyclic amines) is 1. The van der Waals surface area contributed by atoms with Crippen LogP contribution in [0.25, 0.3) is 0 Å². The van der Waals surface area contributed by atoms with Crippen LogP contribution in [-0.2, 0) is 16.0 Å². The average Bonchev–Trinajstić information content (AvgIpc) is 3.04. The third-order valence-corrected chi connectivity index (χ3v) is 7.11. The van der Waals surface area contributed by atoms with E-state index in [1.807, 2.05) is 6.07 Å². The van der Waals surface area contributed by atoms with E-state index < -0.39 is 0 Å². The predicted molar refractivity (Wildman–Crippen MR) is 114 cm³/mol. The molecule has 164 valence electrons. The second-order valence-corrected chi connectivity index (χ2v) is 9.23. The van der Waals surface area contributed by atoms with Gasteiger partial charge in [-0.3, -0.25) is 9.59 Å². The summed E-state index contributed by atoms with van der Waals surface area (Å²) in [6.07, 6.45) is 6.19. The number of pyridine rings is 1. The largest absolute Gasteiger partial charge is 0.481 e. The molecule has 2 saturated heterocycles. The first-order valence-electron chi connectivity index (χ1n) is 11.2. The van der Waals surface area contributed by atoms with Crippen molar-refractivity contribution in [2.75, 3.05) is 31.6 Å². The Bertz CT molecular complexity index is 806. The smallest absolute Gasteiger partial charge is 0.230 e. The van der Waals surface area contributed by atoms with Gasteiger partial charge in [-0.25, -0.2) is 0 Å². The summed E-state index contributed by atoms with van der Waals surface area (Å²) in [5, 5.41) is 9.82. The molecule has 1 aliphatic carbocycles. The number of hydrogen-bond donors (Lipinski definition) is 1. The number of Topliss-reactive ketones (excluding diaryl/α,β-unsaturated/α-hetero) is 1. The standard InChI is InChI=1S/C23H33N3O4/c1-16(27)14-17-4-9-20(30-2)24-21(17)25-12-3-10-23(15-25)11-13-26(22(23)29)18-5-7-19(28)8-6-18/h4,9,18-19,28H,3,5-8,10-15H2,1-2H3/t18?,19?,23-/m0/s1. The molecule has 7 nitrogen and oxygen atoms in total. The lowest BCUT2D eigenvalue weighted by Gasteiger charge is -2.41. The second-order valence-electron chi connectivity index (χ2n) is 9.23. The molecular formula is C23H33N3O4. The third kappa shape index (κ3) is 4.04. The van der Waals surface area contributed by atoms with Gasteiger partial charge in [-0.15, -0.1) is 0 Å². The van der Waals surface area contributed by atoms with E-state index in [1.165, 1.54) is 0 Å². The number of anilines is 1. The van der Waals surface area contributed by atoms with Gasteiger partial charge in [-0.05, 0) is 57.9 Å². The van der Waals surface area contributed by atoms with Crippen LogP contribution in [0.2, 0.25) is 0 Å². The Labute approximate surface area is 178 Å². The first-order valence-corrected chi connectivity index (χ1v) is 11.2. The van der Waals surface area contributed by atoms with Crippen molar-refractivity contribution < 1.29 is 19.4 Å². The van der Waals surface area contributed by atoms with Gasteiger partial charge < -0.3 is 19.6 Å². The lowest BCUT2D eigenvalue weighted by molar-refractivity contribution is -0.139. The zero-order chi connectivity index (χ0) is 21.3. The minimum absolute atomic E-state index is 0.0949. The quantitative estimate of drug-likeness (QED) is 0.795. The Balaban J connectivity index is 1.55. The number of aromatic nitrogens is 1. The van der Waals surface area contributed by atoms with Crippen LogP contribution < -0.4 is 9.64 Å². The molecule has 1 amide bonds. The van der Waals surface area contributed by atoms with E-state index in [0.29, 0.717) is 18.8 Å². The number of ether oxygens (including phenoxy) is 1. The van der Waals surface area contributed by atoms with Crippen molar-refractivity contribution >= 4 is 17.5 Å². The molecule has 0 unspecified atom stereocenters. The van der Waals surface area contributed by atoms with Crippen molar-refractivity contribution in [3.8, 4) is 5.88 Å². The van der Waals surface area contributed by atoms with Gasteiger partial charge in [0.15, 0.2) is 0 Å². The highest BCUT2D eigenvalue weighted by Crippen LogP contribution is 2.43. The molecule has 0 aromatic carbocycles. The number of aliphatic hydroxyl groups excluding tert-OH is 1. The van der Waals surface area contributed by atoms with Gasteiger partial charge in [0.05, 0.1) is 18.6 Å². The van der Waals surface area contributed by atoms with E-state index in [-0.39, 0.29) is 29.3 Å². The minimum Gasteiger partial charge on any atom is -0.481 e. The Morgan fingerprint density at radius 1 is 1.23 bits per heavy atom. The number of methoxy groups -OCH3 is 1. The molecule has 4 rings (SSSR count). The molecule has 1 aromatic heterocycles. The first-order chi connectivity index (χ1) is 14.4. The van der Waals surface area contributed by atoms with E-state index in [9.17, 15) is 14.7 Å². The molecular weight excluding hydrogens is 382 g/mol. The summed E-state index contributed by atoms with van der Waals surface area (Å²) in [7, 11) is 1.59. The van der Waals surface area contributed by atoms with Gasteiger partial charge in [-0.1, -0.05) is 0 Å². The minimum atomic E-state index is -0.368. The summed E-state index contributed by atoms with van der Waals surface area (Å²) in [5.74, 6) is 1.66. The maximum atomic E-state index is 13.6. The van der Waals surface area contributed by atoms with Crippen LogP contribution in [0.4, 0.5) is 5.82 Å². The van der Waals surface area contributed by atoms with Crippen molar-refractivity contribution in [1.82, 2.24) is 9.88 Å². The average molecular weight is 416 g/mol. The SMILES string of the molecule is COc1ccc(CC(C)=O)c(N2CCC[C@]3(CCN(C4CCC(O)CC4)C3=O)C2)n1. The van der Waals surface area contributed by atoms with Crippen molar-refractivity contribution in [2.24, 2.45) is 5.41 Å². The van der Waals surface area contributed by atoms with Crippen LogP contribution in [0.3, 0.4) is 0 Å². The summed E-state index contributed by atoms with van der Waals surface area (Å²) in [5.41, 5.74) is 0.524. The molecule has 30 heavy (non-hydrogen) atoms. The van der Waals surface area contributed by atoms with E-state index in [2.05, 4.69) is 14.8 Å². The molecule has 0 radical (unpaired) electrons. The molecule has 1 saturated carbocycles. The van der Waals surface area contributed by atoms with Gasteiger partial charge in [0.25, 0.3) is 0 Å². The number of rotatable bonds is 5. The number of piperidine rings is 1. The topological polar surface area (TPSA) is 83.0 Å². The normalized spacial score (nSPS) is 29.5. The highest BCUT2D eigenvalue weighted by atomic mass is 16.5. The summed E-state index contributed by atoms with van der Waals surface area (Å²) < 4.78 is 5.33. The van der Waals surface area contributed by atoms with Gasteiger partial charge >= 0.3 is 0 Å². The maximum Gasteiger partial charge on any atom is 0.230 e. The lowest BCUT2D eigenvalue weighted by Crippen LogP contribution is -2.50. The van der Waals surface area contributed by atoms with E-state index in [4.69, 9.17) is 4.74 Å². The Hall–Kier alpha value is -2.15. The summed E-state index contributed by atoms with van der Waals surface area (Å²) >= 11 is 0. The Kier molecular flexibility index (Phi) is 6.00. The summed E-state index contributed by atoms with van der Waals surface area (Å²) in [4.78, 5) is 34.3. The third-order valence-electron chi connectivity index (χ3n) is 7.11. The van der Waals surface area contributed by atoms with E-state index in [1.54, 1.807) is 20.1 Å². The number of amides is 1. The van der Waals surface area contributed by atoms with Crippen LogP contribution in [-0.4, -0.2) is 65.6 Å². The number of ketones is 1. The van der Waals surface area contributed by atoms with Gasteiger partial charge in [0.2, 0.25) is 11.8 Å². The highest BCUT2D eigenvalue weighted by Gasteiger charge is 2.51. The number of carbonyl (C=O) groups excluding carboxylic acids is 2. The fourth-order valence-corrected chi connectivity index (χ4v) is 5.51. The van der Waals surface area contributed by atoms with Crippen molar-refractivity contribution in [2.45, 2.75) is 70.4 Å². The molecule has 2 aliphatic heterocycles. The molecule has 3 aliphatic rings. The monoisotopic (exact) mass is 415 g/mol. The van der Waals surface area contributed by atoms with E-state index >= 15 is 0 Å². The molecule has 7 heteroatoms. The number of hydrogen-bond acceptors (Lipinski definition) is 6. The van der Waals surface area contributed by atoms with Crippen molar-refractivity contribution in [3.63, 3.8) is 0 Å². The zero-order valence-corrected chi connectivity index (χ0v) is 18.1. The molecule has 1 atom stereocenters. The molecule has 3 fully saturated rings. The number of carbonyl (C=O) groups is 2. The van der Waals surface area contributed by atoms with Crippen LogP contribution in [0.5, 0.6) is 5.88 Å². The van der Waals surface area contributed by atoms with Crippen LogP contribution in [0, 0.1) is 5.41 Å². The Morgan fingerprint density at radius 3 is 2.70 bits per heavy atom. The molecule has 3 heterocycles. The van der Waals surface area contributed by atoms with E-state index in [0.717, 1.165) is 69.4 Å². The molecule has 1 aromatic rings. The second kappa shape index (κ2) is 8.53. The van der Waals surface area contributed by atoms with Gasteiger partial charge in [0, 0.05) is 43.7 Å². The highest BCUT2D eigenvalue weighted by molar-refractivity contribution is 5.86. The van der Waals surface area contributed by atoms with Gasteiger partial charge in [0.1, 0.15) is 11.6 Å². The molecule has 1 N–H and O–H groups in total. The van der Waals surface area contributed by atoms with Crippen LogP contribution >= 0.6 is 0 Å². The van der Waals surface area contributed by atoms with Crippen LogP contribution in [0.15, 0.2) is 12.1 Å². The molecule has 0 bridgehead atoms. The summed E-state index contributed by atoms with van der Waals surface area (Å²) in [6.45, 7) is 3.86. The predicted octanol–water partition coefficient (Wildman–Crippen LogP) is 2.34. The fraction of sp³-hybridized carbons (Fsp3) is 0.696. The van der Waals surface area contributed by atoms with Gasteiger partial charge in [-0.2, -0.15) is 4.98 Å². The lowest BCUT2D eigenvalue weighted by atomic mass is 9.78. The number of aliphatic hydroxyl groups is 1. The fourth-order valence-electron chi connectivity index (χ4n) is 5.51. The molecule has 1 spiro atoms. The van der Waals surface area contributed by atoms with Crippen molar-refractivity contribution in [3.05, 3.63) is 17.7 Å². The van der Waals surface area contributed by atoms with Crippen LogP contribution in [0.1, 0.15) is 57.4 Å². The van der Waals surface area contributed by atoms with Crippen molar-refractivity contribution in [1.29, 1.82) is 0 Å². The summed E-state index contributed by atoms with van der Waals surface area (Å²) in [6, 6.07) is 3.97. The maximum absolute atomic E-state index is 13.6. The first kappa shape index (κ1) is 21.1.